The molecule has 134 valence electrons. The van der Waals surface area contributed by atoms with E-state index in [0.29, 0.717) is 6.54 Å². The second-order valence-electron chi connectivity index (χ2n) is 6.71. The minimum Gasteiger partial charge on any atom is -0.469 e. The fourth-order valence-electron chi connectivity index (χ4n) is 3.55. The average molecular weight is 380 g/mol. The van der Waals surface area contributed by atoms with Gasteiger partial charge in [-0.25, -0.2) is 13.4 Å². The molecule has 0 N–H and O–H groups in total. The van der Waals surface area contributed by atoms with E-state index in [1.807, 2.05) is 0 Å². The molecule has 25 heavy (non-hydrogen) atoms. The van der Waals surface area contributed by atoms with Crippen molar-refractivity contribution in [2.24, 2.45) is 0 Å². The summed E-state index contributed by atoms with van der Waals surface area (Å²) >= 11 is 1.77. The Bertz CT molecular complexity index is 844. The molecule has 2 aromatic heterocycles. The Labute approximate surface area is 152 Å². The van der Waals surface area contributed by atoms with Crippen molar-refractivity contribution in [3.05, 3.63) is 40.7 Å². The third-order valence-corrected chi connectivity index (χ3v) is 7.65. The van der Waals surface area contributed by atoms with Crippen LogP contribution in [0.2, 0.25) is 0 Å². The maximum Gasteiger partial charge on any atom is 0.248 e. The first-order chi connectivity index (χ1) is 12.0. The van der Waals surface area contributed by atoms with Gasteiger partial charge in [-0.05, 0) is 23.6 Å². The number of rotatable bonds is 2. The highest BCUT2D eigenvalue weighted by Gasteiger charge is 2.44. The summed E-state index contributed by atoms with van der Waals surface area (Å²) in [5.41, 5.74) is -0.507. The van der Waals surface area contributed by atoms with E-state index in [2.05, 4.69) is 27.4 Å². The first-order valence-corrected chi connectivity index (χ1v) is 10.7. The SMILES string of the molecule is CN1CC2(CCN(Cc3cccs3)CC2)Oc2ncccc2S1(=O)=O. The summed E-state index contributed by atoms with van der Waals surface area (Å²) in [5.74, 6) is 0.235. The van der Waals surface area contributed by atoms with Gasteiger partial charge in [0, 0.05) is 50.6 Å². The van der Waals surface area contributed by atoms with Crippen LogP contribution in [-0.4, -0.2) is 54.9 Å². The molecule has 6 nitrogen and oxygen atoms in total. The van der Waals surface area contributed by atoms with Crippen LogP contribution in [0.25, 0.3) is 0 Å². The van der Waals surface area contributed by atoms with Gasteiger partial charge >= 0.3 is 0 Å². The highest BCUT2D eigenvalue weighted by Crippen LogP contribution is 2.37. The largest absolute Gasteiger partial charge is 0.469 e. The Morgan fingerprint density at radius 3 is 2.80 bits per heavy atom. The Morgan fingerprint density at radius 2 is 2.08 bits per heavy atom. The minimum absolute atomic E-state index is 0.162. The molecule has 4 rings (SSSR count). The van der Waals surface area contributed by atoms with Crippen molar-refractivity contribution in [2.75, 3.05) is 26.7 Å². The summed E-state index contributed by atoms with van der Waals surface area (Å²) in [6.07, 6.45) is 3.15. The van der Waals surface area contributed by atoms with Gasteiger partial charge in [-0.15, -0.1) is 11.3 Å². The maximum atomic E-state index is 12.7. The van der Waals surface area contributed by atoms with Crippen molar-refractivity contribution in [1.82, 2.24) is 14.2 Å². The van der Waals surface area contributed by atoms with Crippen LogP contribution in [0.15, 0.2) is 40.7 Å². The van der Waals surface area contributed by atoms with E-state index in [9.17, 15) is 8.42 Å². The van der Waals surface area contributed by atoms with Crippen molar-refractivity contribution in [1.29, 1.82) is 0 Å². The molecule has 0 radical (unpaired) electrons. The van der Waals surface area contributed by atoms with E-state index in [4.69, 9.17) is 4.74 Å². The molecule has 2 aliphatic rings. The molecule has 1 fully saturated rings. The van der Waals surface area contributed by atoms with Gasteiger partial charge in [-0.3, -0.25) is 4.90 Å². The number of fused-ring (bicyclic) bond motifs is 1. The second kappa shape index (κ2) is 6.35. The molecule has 0 aliphatic carbocycles. The fourth-order valence-corrected chi connectivity index (χ4v) is 5.60. The zero-order valence-electron chi connectivity index (χ0n) is 14.1. The highest BCUT2D eigenvalue weighted by molar-refractivity contribution is 7.89. The molecule has 0 bridgehead atoms. The minimum atomic E-state index is -3.55. The molecule has 1 saturated heterocycles. The van der Waals surface area contributed by atoms with Crippen LogP contribution in [0.5, 0.6) is 5.88 Å². The predicted molar refractivity (Wildman–Crippen MR) is 96.2 cm³/mol. The van der Waals surface area contributed by atoms with Gasteiger partial charge in [0.15, 0.2) is 0 Å². The quantitative estimate of drug-likeness (QED) is 0.800. The maximum absolute atomic E-state index is 12.7. The lowest BCUT2D eigenvalue weighted by atomic mass is 9.90. The van der Waals surface area contributed by atoms with Crippen LogP contribution in [0.3, 0.4) is 0 Å². The smallest absolute Gasteiger partial charge is 0.248 e. The number of likely N-dealkylation sites (N-methyl/N-ethyl adjacent to an activating group) is 1. The van der Waals surface area contributed by atoms with Crippen LogP contribution in [0.4, 0.5) is 0 Å². The molecule has 0 amide bonds. The lowest BCUT2D eigenvalue weighted by Gasteiger charge is -2.41. The van der Waals surface area contributed by atoms with E-state index in [1.165, 1.54) is 9.18 Å². The number of aromatic nitrogens is 1. The van der Waals surface area contributed by atoms with Gasteiger partial charge < -0.3 is 4.74 Å². The summed E-state index contributed by atoms with van der Waals surface area (Å²) < 4.78 is 33.1. The summed E-state index contributed by atoms with van der Waals surface area (Å²) in [4.78, 5) is 8.11. The number of thiophene rings is 1. The number of sulfonamides is 1. The number of nitrogens with zero attached hydrogens (tertiary/aromatic N) is 3. The Morgan fingerprint density at radius 1 is 1.28 bits per heavy atom. The summed E-state index contributed by atoms with van der Waals surface area (Å²) in [7, 11) is -1.93. The van der Waals surface area contributed by atoms with Crippen LogP contribution >= 0.6 is 11.3 Å². The van der Waals surface area contributed by atoms with Crippen molar-refractivity contribution in [3.8, 4) is 5.88 Å². The standard InChI is InChI=1S/C17H21N3O3S2/c1-19-13-17(23-16-15(25(19,21)22)5-2-8-18-16)6-9-20(10-7-17)12-14-4-3-11-24-14/h2-5,8,11H,6-7,9-10,12-13H2,1H3. The summed E-state index contributed by atoms with van der Waals surface area (Å²) in [5, 5.41) is 2.09. The molecule has 0 atom stereocenters. The normalized spacial score (nSPS) is 22.9. The lowest BCUT2D eigenvalue weighted by molar-refractivity contribution is -0.0118. The van der Waals surface area contributed by atoms with Crippen molar-refractivity contribution < 1.29 is 13.2 Å². The number of hydrogen-bond donors (Lipinski definition) is 0. The van der Waals surface area contributed by atoms with Crippen LogP contribution in [0, 0.1) is 0 Å². The van der Waals surface area contributed by atoms with Crippen LogP contribution in [0.1, 0.15) is 17.7 Å². The van der Waals surface area contributed by atoms with Crippen LogP contribution < -0.4 is 4.74 Å². The van der Waals surface area contributed by atoms with E-state index in [1.54, 1.807) is 36.7 Å². The van der Waals surface area contributed by atoms with Crippen molar-refractivity contribution in [3.63, 3.8) is 0 Å². The molecule has 2 aromatic rings. The van der Waals surface area contributed by atoms with Gasteiger partial charge in [-0.1, -0.05) is 6.07 Å². The van der Waals surface area contributed by atoms with E-state index < -0.39 is 15.6 Å². The molecule has 0 unspecified atom stereocenters. The van der Waals surface area contributed by atoms with E-state index in [-0.39, 0.29) is 10.8 Å². The molecule has 8 heteroatoms. The number of hydrogen-bond acceptors (Lipinski definition) is 6. The highest BCUT2D eigenvalue weighted by atomic mass is 32.2. The molecular formula is C17H21N3O3S2. The molecule has 0 saturated carbocycles. The van der Waals surface area contributed by atoms with Gasteiger partial charge in [0.1, 0.15) is 10.5 Å². The topological polar surface area (TPSA) is 62.7 Å². The fraction of sp³-hybridized carbons (Fsp3) is 0.471. The average Bonchev–Trinajstić information content (AvgIpc) is 3.08. The lowest BCUT2D eigenvalue weighted by Crippen LogP contribution is -2.53. The first-order valence-electron chi connectivity index (χ1n) is 8.34. The van der Waals surface area contributed by atoms with Gasteiger partial charge in [0.2, 0.25) is 15.9 Å². The predicted octanol–water partition coefficient (Wildman–Crippen LogP) is 2.19. The Hall–Kier alpha value is -1.48. The van der Waals surface area contributed by atoms with Crippen molar-refractivity contribution >= 4 is 21.4 Å². The molecular weight excluding hydrogens is 358 g/mol. The molecule has 1 spiro atoms. The molecule has 0 aromatic carbocycles. The third-order valence-electron chi connectivity index (χ3n) is 4.98. The van der Waals surface area contributed by atoms with Gasteiger partial charge in [0.25, 0.3) is 0 Å². The number of ether oxygens (including phenoxy) is 1. The Kier molecular flexibility index (Phi) is 4.31. The third kappa shape index (κ3) is 3.19. The number of pyridine rings is 1. The summed E-state index contributed by atoms with van der Waals surface area (Å²) in [6, 6.07) is 7.42. The monoisotopic (exact) mass is 379 g/mol. The van der Waals surface area contributed by atoms with Crippen LogP contribution in [-0.2, 0) is 16.6 Å². The zero-order chi connectivity index (χ0) is 17.5. The van der Waals surface area contributed by atoms with Crippen molar-refractivity contribution in [2.45, 2.75) is 29.9 Å². The Balaban J connectivity index is 1.55. The number of piperidine rings is 1. The second-order valence-corrected chi connectivity index (χ2v) is 9.75. The van der Waals surface area contributed by atoms with E-state index in [0.717, 1.165) is 32.5 Å². The molecule has 2 aliphatic heterocycles. The van der Waals surface area contributed by atoms with E-state index >= 15 is 0 Å². The molecule has 4 heterocycles. The summed E-state index contributed by atoms with van der Waals surface area (Å²) in [6.45, 7) is 3.07. The van der Waals surface area contributed by atoms with Gasteiger partial charge in [0.05, 0.1) is 6.54 Å². The van der Waals surface area contributed by atoms with Gasteiger partial charge in [-0.2, -0.15) is 4.31 Å². The number of likely N-dealkylation sites (tertiary alicyclic amines) is 1. The zero-order valence-corrected chi connectivity index (χ0v) is 15.7. The first kappa shape index (κ1) is 17.0.